The van der Waals surface area contributed by atoms with Crippen molar-refractivity contribution in [2.45, 2.75) is 6.54 Å². The van der Waals surface area contributed by atoms with Gasteiger partial charge in [0.15, 0.2) is 0 Å². The van der Waals surface area contributed by atoms with Crippen LogP contribution in [0.15, 0.2) is 24.3 Å². The van der Waals surface area contributed by atoms with Crippen molar-refractivity contribution in [2.24, 2.45) is 0 Å². The molecule has 0 amide bonds. The molecule has 0 radical (unpaired) electrons. The van der Waals surface area contributed by atoms with E-state index < -0.39 is 0 Å². The minimum atomic E-state index is 0.874. The van der Waals surface area contributed by atoms with Crippen molar-refractivity contribution >= 4 is 5.69 Å². The van der Waals surface area contributed by atoms with Gasteiger partial charge in [0, 0.05) is 51.5 Å². The lowest BCUT2D eigenvalue weighted by Gasteiger charge is -2.34. The SMILES string of the molecule is CN1CCN(c2ccc(CN3CCOCC3)cc2)CC1. The first-order valence-electron chi connectivity index (χ1n) is 7.64. The minimum Gasteiger partial charge on any atom is -0.379 e. The maximum Gasteiger partial charge on any atom is 0.0594 e. The molecule has 4 heteroatoms. The maximum absolute atomic E-state index is 5.39. The molecule has 4 nitrogen and oxygen atoms in total. The van der Waals surface area contributed by atoms with E-state index in [1.54, 1.807) is 0 Å². The lowest BCUT2D eigenvalue weighted by Crippen LogP contribution is -2.44. The molecule has 0 aliphatic carbocycles. The zero-order valence-corrected chi connectivity index (χ0v) is 12.4. The topological polar surface area (TPSA) is 19.0 Å². The molecule has 1 aromatic carbocycles. The predicted molar refractivity (Wildman–Crippen MR) is 82.2 cm³/mol. The summed E-state index contributed by atoms with van der Waals surface area (Å²) in [6.45, 7) is 9.51. The Balaban J connectivity index is 1.56. The molecule has 0 bridgehead atoms. The van der Waals surface area contributed by atoms with E-state index in [0.29, 0.717) is 0 Å². The number of morpholine rings is 1. The van der Waals surface area contributed by atoms with Gasteiger partial charge in [-0.1, -0.05) is 12.1 Å². The molecule has 0 unspecified atom stereocenters. The summed E-state index contributed by atoms with van der Waals surface area (Å²) >= 11 is 0. The van der Waals surface area contributed by atoms with Crippen molar-refractivity contribution in [3.05, 3.63) is 29.8 Å². The Kier molecular flexibility index (Phi) is 4.55. The third-order valence-corrected chi connectivity index (χ3v) is 4.31. The van der Waals surface area contributed by atoms with Crippen LogP contribution in [0.2, 0.25) is 0 Å². The molecule has 0 atom stereocenters. The lowest BCUT2D eigenvalue weighted by molar-refractivity contribution is 0.0342. The first-order valence-corrected chi connectivity index (χ1v) is 7.64. The Bertz CT molecular complexity index is 406. The summed E-state index contributed by atoms with van der Waals surface area (Å²) < 4.78 is 5.39. The fraction of sp³-hybridized carbons (Fsp3) is 0.625. The number of hydrogen-bond donors (Lipinski definition) is 0. The van der Waals surface area contributed by atoms with E-state index in [-0.39, 0.29) is 0 Å². The predicted octanol–water partition coefficient (Wildman–Crippen LogP) is 1.27. The third-order valence-electron chi connectivity index (χ3n) is 4.31. The summed E-state index contributed by atoms with van der Waals surface area (Å²) in [4.78, 5) is 7.34. The van der Waals surface area contributed by atoms with Gasteiger partial charge in [0.25, 0.3) is 0 Å². The quantitative estimate of drug-likeness (QED) is 0.827. The number of benzene rings is 1. The smallest absolute Gasteiger partial charge is 0.0594 e. The molecule has 2 aliphatic heterocycles. The van der Waals surface area contributed by atoms with Crippen molar-refractivity contribution in [1.29, 1.82) is 0 Å². The number of piperazine rings is 1. The van der Waals surface area contributed by atoms with E-state index in [4.69, 9.17) is 4.74 Å². The molecule has 2 saturated heterocycles. The Labute approximate surface area is 121 Å². The Morgan fingerprint density at radius 3 is 2.20 bits per heavy atom. The van der Waals surface area contributed by atoms with Gasteiger partial charge in [-0.2, -0.15) is 0 Å². The second kappa shape index (κ2) is 6.57. The number of rotatable bonds is 3. The number of ether oxygens (including phenoxy) is 1. The van der Waals surface area contributed by atoms with Crippen molar-refractivity contribution < 1.29 is 4.74 Å². The second-order valence-corrected chi connectivity index (χ2v) is 5.85. The molecular weight excluding hydrogens is 250 g/mol. The van der Waals surface area contributed by atoms with Crippen LogP contribution in [0.4, 0.5) is 5.69 Å². The number of anilines is 1. The summed E-state index contributed by atoms with van der Waals surface area (Å²) in [7, 11) is 2.20. The van der Waals surface area contributed by atoms with Crippen LogP contribution in [0.1, 0.15) is 5.56 Å². The standard InChI is InChI=1S/C16H25N3O/c1-17-6-8-19(9-7-17)16-4-2-15(3-5-16)14-18-10-12-20-13-11-18/h2-5H,6-14H2,1H3. The average molecular weight is 275 g/mol. The minimum absolute atomic E-state index is 0.874. The van der Waals surface area contributed by atoms with Gasteiger partial charge in [0.2, 0.25) is 0 Å². The molecule has 20 heavy (non-hydrogen) atoms. The highest BCUT2D eigenvalue weighted by molar-refractivity contribution is 5.48. The van der Waals surface area contributed by atoms with Crippen LogP contribution in [0, 0.1) is 0 Å². The summed E-state index contributed by atoms with van der Waals surface area (Å²) in [6, 6.07) is 9.12. The van der Waals surface area contributed by atoms with Crippen LogP contribution < -0.4 is 4.90 Å². The molecule has 110 valence electrons. The Morgan fingerprint density at radius 1 is 0.900 bits per heavy atom. The highest BCUT2D eigenvalue weighted by Gasteiger charge is 2.14. The van der Waals surface area contributed by atoms with Gasteiger partial charge >= 0.3 is 0 Å². The molecule has 0 aromatic heterocycles. The molecule has 0 spiro atoms. The van der Waals surface area contributed by atoms with E-state index in [2.05, 4.69) is 46.0 Å². The highest BCUT2D eigenvalue weighted by Crippen LogP contribution is 2.18. The molecule has 2 fully saturated rings. The first kappa shape index (κ1) is 13.9. The summed E-state index contributed by atoms with van der Waals surface area (Å²) in [5, 5.41) is 0. The fourth-order valence-corrected chi connectivity index (χ4v) is 2.89. The third kappa shape index (κ3) is 3.51. The van der Waals surface area contributed by atoms with E-state index in [1.807, 2.05) is 0 Å². The monoisotopic (exact) mass is 275 g/mol. The van der Waals surface area contributed by atoms with Gasteiger partial charge < -0.3 is 14.5 Å². The van der Waals surface area contributed by atoms with Crippen molar-refractivity contribution in [3.63, 3.8) is 0 Å². The molecule has 2 aliphatic rings. The maximum atomic E-state index is 5.39. The van der Waals surface area contributed by atoms with Crippen molar-refractivity contribution in [2.75, 3.05) is 64.4 Å². The zero-order valence-electron chi connectivity index (χ0n) is 12.4. The summed E-state index contributed by atoms with van der Waals surface area (Å²) in [5.74, 6) is 0. The van der Waals surface area contributed by atoms with Gasteiger partial charge in [-0.3, -0.25) is 4.90 Å². The number of likely N-dealkylation sites (N-methyl/N-ethyl adjacent to an activating group) is 1. The first-order chi connectivity index (χ1) is 9.81. The van der Waals surface area contributed by atoms with Crippen LogP contribution in [0.3, 0.4) is 0 Å². The van der Waals surface area contributed by atoms with E-state index in [9.17, 15) is 0 Å². The van der Waals surface area contributed by atoms with Crippen LogP contribution in [-0.2, 0) is 11.3 Å². The van der Waals surface area contributed by atoms with Gasteiger partial charge in [-0.25, -0.2) is 0 Å². The van der Waals surface area contributed by atoms with Crippen molar-refractivity contribution in [1.82, 2.24) is 9.80 Å². The molecular formula is C16H25N3O. The van der Waals surface area contributed by atoms with Crippen molar-refractivity contribution in [3.8, 4) is 0 Å². The van der Waals surface area contributed by atoms with E-state index >= 15 is 0 Å². The lowest BCUT2D eigenvalue weighted by atomic mass is 10.1. The van der Waals surface area contributed by atoms with E-state index in [1.165, 1.54) is 11.3 Å². The largest absolute Gasteiger partial charge is 0.379 e. The van der Waals surface area contributed by atoms with E-state index in [0.717, 1.165) is 59.0 Å². The highest BCUT2D eigenvalue weighted by atomic mass is 16.5. The van der Waals surface area contributed by atoms with Gasteiger partial charge in [0.05, 0.1) is 13.2 Å². The van der Waals surface area contributed by atoms with Crippen LogP contribution >= 0.6 is 0 Å². The molecule has 3 rings (SSSR count). The van der Waals surface area contributed by atoms with Gasteiger partial charge in [-0.15, -0.1) is 0 Å². The second-order valence-electron chi connectivity index (χ2n) is 5.85. The van der Waals surface area contributed by atoms with Crippen LogP contribution in [0.25, 0.3) is 0 Å². The zero-order chi connectivity index (χ0) is 13.8. The Morgan fingerprint density at radius 2 is 1.55 bits per heavy atom. The fourth-order valence-electron chi connectivity index (χ4n) is 2.89. The van der Waals surface area contributed by atoms with Gasteiger partial charge in [0.1, 0.15) is 0 Å². The average Bonchev–Trinajstić information content (AvgIpc) is 2.50. The summed E-state index contributed by atoms with van der Waals surface area (Å²) in [5.41, 5.74) is 2.77. The molecule has 1 aromatic rings. The number of hydrogen-bond acceptors (Lipinski definition) is 4. The summed E-state index contributed by atoms with van der Waals surface area (Å²) in [6.07, 6.45) is 0. The Hall–Kier alpha value is -1.10. The molecule has 0 saturated carbocycles. The number of nitrogens with zero attached hydrogens (tertiary/aromatic N) is 3. The molecule has 2 heterocycles. The molecule has 0 N–H and O–H groups in total. The van der Waals surface area contributed by atoms with Gasteiger partial charge in [-0.05, 0) is 24.7 Å². The van der Waals surface area contributed by atoms with Crippen LogP contribution in [-0.4, -0.2) is 69.3 Å². The van der Waals surface area contributed by atoms with Crippen LogP contribution in [0.5, 0.6) is 0 Å². The normalized spacial score (nSPS) is 22.1.